The second kappa shape index (κ2) is 9.94. The van der Waals surface area contributed by atoms with Crippen molar-refractivity contribution in [2.24, 2.45) is 5.92 Å². The Balaban J connectivity index is 1.56. The quantitative estimate of drug-likeness (QED) is 0.496. The zero-order valence-electron chi connectivity index (χ0n) is 17.4. The lowest BCUT2D eigenvalue weighted by atomic mass is 9.85. The molecule has 0 unspecified atom stereocenters. The molecule has 2 aromatic carbocycles. The van der Waals surface area contributed by atoms with Crippen LogP contribution >= 0.6 is 12.0 Å². The van der Waals surface area contributed by atoms with Crippen molar-refractivity contribution in [1.82, 2.24) is 10.3 Å². The molecule has 1 aliphatic carbocycles. The van der Waals surface area contributed by atoms with E-state index >= 15 is 0 Å². The Labute approximate surface area is 186 Å². The molecule has 7 heteroatoms. The minimum Gasteiger partial charge on any atom is -0.350 e. The van der Waals surface area contributed by atoms with Gasteiger partial charge in [0.05, 0.1) is 12.3 Å². The molecule has 2 N–H and O–H groups in total. The maximum Gasteiger partial charge on any atom is 0.272 e. The molecule has 160 valence electrons. The first-order valence-electron chi connectivity index (χ1n) is 10.4. The SMILES string of the molecule is CSOCc1ccc(C(=O)Nc2cccnc2C(=O)NCC2CCC2)c2ccccc12. The fraction of sp³-hybridized carbons (Fsp3) is 0.292. The topological polar surface area (TPSA) is 80.3 Å². The van der Waals surface area contributed by atoms with Crippen LogP contribution in [-0.2, 0) is 10.8 Å². The van der Waals surface area contributed by atoms with Crippen molar-refractivity contribution in [1.29, 1.82) is 0 Å². The van der Waals surface area contributed by atoms with Crippen LogP contribution in [0.25, 0.3) is 10.8 Å². The van der Waals surface area contributed by atoms with Crippen LogP contribution in [0, 0.1) is 5.92 Å². The zero-order valence-corrected chi connectivity index (χ0v) is 18.2. The van der Waals surface area contributed by atoms with Gasteiger partial charge in [0.15, 0.2) is 5.69 Å². The monoisotopic (exact) mass is 435 g/mol. The predicted octanol–water partition coefficient (Wildman–Crippen LogP) is 4.81. The summed E-state index contributed by atoms with van der Waals surface area (Å²) in [6, 6.07) is 14.9. The summed E-state index contributed by atoms with van der Waals surface area (Å²) < 4.78 is 5.48. The van der Waals surface area contributed by atoms with E-state index in [4.69, 9.17) is 4.18 Å². The van der Waals surface area contributed by atoms with Crippen LogP contribution in [-0.4, -0.2) is 29.6 Å². The smallest absolute Gasteiger partial charge is 0.272 e. The molecule has 0 spiro atoms. The molecule has 0 radical (unpaired) electrons. The first-order valence-corrected chi connectivity index (χ1v) is 11.5. The Hall–Kier alpha value is -2.90. The first kappa shape index (κ1) is 21.3. The van der Waals surface area contributed by atoms with Crippen LogP contribution in [0.4, 0.5) is 5.69 Å². The highest BCUT2D eigenvalue weighted by molar-refractivity contribution is 7.93. The van der Waals surface area contributed by atoms with Gasteiger partial charge in [-0.2, -0.15) is 0 Å². The average Bonchev–Trinajstić information content (AvgIpc) is 2.76. The Bertz CT molecular complexity index is 1100. The van der Waals surface area contributed by atoms with E-state index in [1.54, 1.807) is 24.4 Å². The van der Waals surface area contributed by atoms with Gasteiger partial charge in [0.2, 0.25) is 0 Å². The van der Waals surface area contributed by atoms with Gasteiger partial charge in [-0.3, -0.25) is 9.59 Å². The summed E-state index contributed by atoms with van der Waals surface area (Å²) >= 11 is 1.31. The van der Waals surface area contributed by atoms with E-state index in [-0.39, 0.29) is 17.5 Å². The number of aromatic nitrogens is 1. The van der Waals surface area contributed by atoms with Gasteiger partial charge in [0, 0.05) is 24.6 Å². The molecular weight excluding hydrogens is 410 g/mol. The number of carbonyl (C=O) groups excluding carboxylic acids is 2. The number of amides is 2. The van der Waals surface area contributed by atoms with Crippen LogP contribution in [0.2, 0.25) is 0 Å². The number of carbonyl (C=O) groups is 2. The molecule has 0 atom stereocenters. The molecule has 1 fully saturated rings. The molecule has 0 aliphatic heterocycles. The molecule has 3 aromatic rings. The van der Waals surface area contributed by atoms with E-state index in [1.807, 2.05) is 36.6 Å². The molecule has 0 bridgehead atoms. The van der Waals surface area contributed by atoms with Gasteiger partial charge < -0.3 is 14.8 Å². The standard InChI is InChI=1S/C24H25N3O3S/c1-31-30-15-17-11-12-20(19-9-3-2-8-18(17)19)23(28)27-21-10-5-13-25-22(21)24(29)26-14-16-6-4-7-16/h2-3,5,8-13,16H,4,6-7,14-15H2,1H3,(H,26,29)(H,27,28). The van der Waals surface area contributed by atoms with Crippen molar-refractivity contribution in [3.63, 3.8) is 0 Å². The molecule has 2 amide bonds. The van der Waals surface area contributed by atoms with Gasteiger partial charge in [-0.25, -0.2) is 4.98 Å². The molecule has 1 saturated carbocycles. The van der Waals surface area contributed by atoms with Crippen LogP contribution in [0.3, 0.4) is 0 Å². The lowest BCUT2D eigenvalue weighted by Gasteiger charge is -2.25. The Morgan fingerprint density at radius 2 is 1.87 bits per heavy atom. The van der Waals surface area contributed by atoms with Gasteiger partial charge in [0.1, 0.15) is 0 Å². The average molecular weight is 436 g/mol. The van der Waals surface area contributed by atoms with E-state index < -0.39 is 0 Å². The first-order chi connectivity index (χ1) is 15.2. The van der Waals surface area contributed by atoms with Gasteiger partial charge in [-0.1, -0.05) is 36.8 Å². The van der Waals surface area contributed by atoms with Gasteiger partial charge in [-0.15, -0.1) is 0 Å². The lowest BCUT2D eigenvalue weighted by Crippen LogP contribution is -2.33. The van der Waals surface area contributed by atoms with Gasteiger partial charge in [-0.05, 0) is 65.3 Å². The summed E-state index contributed by atoms with van der Waals surface area (Å²) in [5.41, 5.74) is 2.18. The van der Waals surface area contributed by atoms with Crippen LogP contribution in [0.1, 0.15) is 45.7 Å². The van der Waals surface area contributed by atoms with Crippen molar-refractivity contribution in [3.05, 3.63) is 71.5 Å². The Morgan fingerprint density at radius 3 is 2.61 bits per heavy atom. The minimum atomic E-state index is -0.283. The molecule has 31 heavy (non-hydrogen) atoms. The number of benzene rings is 2. The molecule has 1 aromatic heterocycles. The molecule has 6 nitrogen and oxygen atoms in total. The number of rotatable bonds is 8. The molecule has 1 aliphatic rings. The van der Waals surface area contributed by atoms with Gasteiger partial charge in [0.25, 0.3) is 11.8 Å². The van der Waals surface area contributed by atoms with Crippen molar-refractivity contribution in [2.75, 3.05) is 18.1 Å². The maximum atomic E-state index is 13.1. The fourth-order valence-electron chi connectivity index (χ4n) is 3.70. The summed E-state index contributed by atoms with van der Waals surface area (Å²) in [6.45, 7) is 1.10. The summed E-state index contributed by atoms with van der Waals surface area (Å²) in [5.74, 6) is -0.00234. The third kappa shape index (κ3) is 4.89. The summed E-state index contributed by atoms with van der Waals surface area (Å²) in [5, 5.41) is 7.62. The zero-order chi connectivity index (χ0) is 21.6. The van der Waals surface area contributed by atoms with Crippen molar-refractivity contribution in [2.45, 2.75) is 25.9 Å². The van der Waals surface area contributed by atoms with E-state index in [0.29, 0.717) is 30.3 Å². The molecule has 0 saturated heterocycles. The third-order valence-electron chi connectivity index (χ3n) is 5.64. The Morgan fingerprint density at radius 1 is 1.06 bits per heavy atom. The van der Waals surface area contributed by atoms with E-state index in [2.05, 4.69) is 15.6 Å². The van der Waals surface area contributed by atoms with Crippen LogP contribution in [0.5, 0.6) is 0 Å². The van der Waals surface area contributed by atoms with Crippen LogP contribution < -0.4 is 10.6 Å². The molecular formula is C24H25N3O3S. The van der Waals surface area contributed by atoms with E-state index in [9.17, 15) is 9.59 Å². The molecule has 4 rings (SSSR count). The summed E-state index contributed by atoms with van der Waals surface area (Å²) in [4.78, 5) is 30.0. The van der Waals surface area contributed by atoms with Crippen molar-refractivity contribution in [3.8, 4) is 0 Å². The number of pyridine rings is 1. The van der Waals surface area contributed by atoms with Crippen molar-refractivity contribution < 1.29 is 13.8 Å². The molecule has 1 heterocycles. The maximum absolute atomic E-state index is 13.1. The highest BCUT2D eigenvalue weighted by Crippen LogP contribution is 2.27. The second-order valence-corrected chi connectivity index (χ2v) is 8.18. The number of fused-ring (bicyclic) bond motifs is 1. The fourth-order valence-corrected chi connectivity index (χ4v) is 3.95. The lowest BCUT2D eigenvalue weighted by molar-refractivity contribution is 0.0935. The third-order valence-corrected chi connectivity index (χ3v) is 5.99. The van der Waals surface area contributed by atoms with Gasteiger partial charge >= 0.3 is 0 Å². The van der Waals surface area contributed by atoms with Crippen LogP contribution in [0.15, 0.2) is 54.7 Å². The highest BCUT2D eigenvalue weighted by atomic mass is 32.2. The largest absolute Gasteiger partial charge is 0.350 e. The van der Waals surface area contributed by atoms with E-state index in [1.165, 1.54) is 18.5 Å². The summed E-state index contributed by atoms with van der Waals surface area (Å²) in [7, 11) is 0. The normalized spacial score (nSPS) is 13.6. The van der Waals surface area contributed by atoms with E-state index in [0.717, 1.165) is 29.2 Å². The minimum absolute atomic E-state index is 0.226. The predicted molar refractivity (Wildman–Crippen MR) is 124 cm³/mol. The number of anilines is 1. The van der Waals surface area contributed by atoms with Crippen molar-refractivity contribution >= 4 is 40.3 Å². The number of nitrogens with one attached hydrogen (secondary N) is 2. The second-order valence-electron chi connectivity index (χ2n) is 7.61. The summed E-state index contributed by atoms with van der Waals surface area (Å²) in [6.07, 6.45) is 6.96. The Kier molecular flexibility index (Phi) is 6.84. The highest BCUT2D eigenvalue weighted by Gasteiger charge is 2.21. The number of hydrogen-bond donors (Lipinski definition) is 2. The number of hydrogen-bond acceptors (Lipinski definition) is 5. The number of nitrogens with zero attached hydrogens (tertiary/aromatic N) is 1.